The van der Waals surface area contributed by atoms with Gasteiger partial charge in [0.1, 0.15) is 0 Å². The number of hydrogen-bond acceptors (Lipinski definition) is 3. The largest absolute Gasteiger partial charge is 0.513 e. The Balaban J connectivity index is 2.47. The fraction of sp³-hybridized carbons (Fsp3) is 0.625. The molecule has 0 aromatic carbocycles. The van der Waals surface area contributed by atoms with Crippen LogP contribution in [0.4, 0.5) is 0 Å². The van der Waals surface area contributed by atoms with E-state index in [9.17, 15) is 4.79 Å². The number of aliphatic hydroxyl groups is 1. The van der Waals surface area contributed by atoms with Crippen molar-refractivity contribution < 1.29 is 14.6 Å². The molecule has 1 rings (SSSR count). The number of carbonyl (C=O) groups excluding carboxylic acids is 1. The molecule has 0 aromatic heterocycles. The molecule has 62 valence electrons. The van der Waals surface area contributed by atoms with Gasteiger partial charge in [0.05, 0.1) is 18.8 Å². The lowest BCUT2D eigenvalue weighted by Crippen LogP contribution is -2.18. The summed E-state index contributed by atoms with van der Waals surface area (Å²) in [4.78, 5) is 10.9. The van der Waals surface area contributed by atoms with Gasteiger partial charge in [0, 0.05) is 6.42 Å². The summed E-state index contributed by atoms with van der Waals surface area (Å²) < 4.78 is 4.58. The topological polar surface area (TPSA) is 46.5 Å². The predicted molar refractivity (Wildman–Crippen MR) is 40.1 cm³/mol. The van der Waals surface area contributed by atoms with Gasteiger partial charge in [0.2, 0.25) is 0 Å². The zero-order valence-corrected chi connectivity index (χ0v) is 6.54. The summed E-state index contributed by atoms with van der Waals surface area (Å²) in [5, 5.41) is 8.99. The van der Waals surface area contributed by atoms with Crippen molar-refractivity contribution in [2.75, 3.05) is 7.11 Å². The molecule has 0 heterocycles. The molecule has 3 heteroatoms. The Kier molecular flexibility index (Phi) is 2.52. The molecular weight excluding hydrogens is 144 g/mol. The van der Waals surface area contributed by atoms with Crippen LogP contribution in [-0.2, 0) is 9.53 Å². The molecule has 0 aliphatic heterocycles. The van der Waals surface area contributed by atoms with Crippen molar-refractivity contribution in [1.82, 2.24) is 0 Å². The molecule has 0 saturated heterocycles. The van der Waals surface area contributed by atoms with Gasteiger partial charge in [-0.15, -0.1) is 0 Å². The number of methoxy groups -OCH3 is 1. The highest BCUT2D eigenvalue weighted by Crippen LogP contribution is 2.22. The lowest BCUT2D eigenvalue weighted by molar-refractivity contribution is -0.145. The maximum atomic E-state index is 10.9. The summed E-state index contributed by atoms with van der Waals surface area (Å²) in [6.07, 6.45) is 3.60. The van der Waals surface area contributed by atoms with Crippen molar-refractivity contribution >= 4 is 5.97 Å². The van der Waals surface area contributed by atoms with Crippen LogP contribution in [0.25, 0.3) is 0 Å². The Labute approximate surface area is 65.7 Å². The van der Waals surface area contributed by atoms with Crippen molar-refractivity contribution in [3.63, 3.8) is 0 Å². The van der Waals surface area contributed by atoms with Crippen LogP contribution in [0, 0.1) is 5.92 Å². The van der Waals surface area contributed by atoms with Crippen molar-refractivity contribution in [2.45, 2.75) is 19.3 Å². The quantitative estimate of drug-likeness (QED) is 0.584. The van der Waals surface area contributed by atoms with Crippen LogP contribution < -0.4 is 0 Å². The number of esters is 1. The first-order valence-corrected chi connectivity index (χ1v) is 3.70. The maximum absolute atomic E-state index is 10.9. The lowest BCUT2D eigenvalue weighted by Gasteiger charge is -2.16. The summed E-state index contributed by atoms with van der Waals surface area (Å²) in [5.41, 5.74) is 0. The van der Waals surface area contributed by atoms with Crippen LogP contribution in [0.15, 0.2) is 11.8 Å². The molecule has 1 aliphatic carbocycles. The lowest BCUT2D eigenvalue weighted by atomic mass is 9.94. The number of hydrogen-bond donors (Lipinski definition) is 1. The number of aliphatic hydroxyl groups excluding tert-OH is 1. The van der Waals surface area contributed by atoms with Gasteiger partial charge in [-0.2, -0.15) is 0 Å². The minimum Gasteiger partial charge on any atom is -0.513 e. The van der Waals surface area contributed by atoms with Gasteiger partial charge in [-0.05, 0) is 18.9 Å². The number of allylic oxidation sites excluding steroid dienone is 2. The monoisotopic (exact) mass is 156 g/mol. The van der Waals surface area contributed by atoms with E-state index in [0.717, 1.165) is 0 Å². The Morgan fingerprint density at radius 3 is 3.00 bits per heavy atom. The summed E-state index contributed by atoms with van der Waals surface area (Å²) in [6.45, 7) is 0. The van der Waals surface area contributed by atoms with Crippen LogP contribution >= 0.6 is 0 Å². The van der Waals surface area contributed by atoms with E-state index in [0.29, 0.717) is 25.0 Å². The number of ether oxygens (including phenoxy) is 1. The molecule has 1 unspecified atom stereocenters. The van der Waals surface area contributed by atoms with Gasteiger partial charge in [0.25, 0.3) is 0 Å². The Bertz CT molecular complexity index is 184. The highest BCUT2D eigenvalue weighted by Gasteiger charge is 2.21. The van der Waals surface area contributed by atoms with E-state index in [1.807, 2.05) is 0 Å². The highest BCUT2D eigenvalue weighted by molar-refractivity contribution is 5.72. The second kappa shape index (κ2) is 3.42. The molecule has 0 aromatic rings. The minimum atomic E-state index is -0.172. The SMILES string of the molecule is COC(=O)C1CC=C(O)CC1. The third kappa shape index (κ3) is 1.97. The van der Waals surface area contributed by atoms with Crippen LogP contribution in [0.3, 0.4) is 0 Å². The van der Waals surface area contributed by atoms with Crippen molar-refractivity contribution in [3.05, 3.63) is 11.8 Å². The molecule has 1 atom stereocenters. The Hall–Kier alpha value is -0.990. The minimum absolute atomic E-state index is 0.0455. The maximum Gasteiger partial charge on any atom is 0.308 e. The zero-order chi connectivity index (χ0) is 8.27. The summed E-state index contributed by atoms with van der Waals surface area (Å²) >= 11 is 0. The predicted octanol–water partition coefficient (Wildman–Crippen LogP) is 1.40. The van der Waals surface area contributed by atoms with Crippen LogP contribution in [0.2, 0.25) is 0 Å². The normalized spacial score (nSPS) is 24.1. The van der Waals surface area contributed by atoms with E-state index in [4.69, 9.17) is 5.11 Å². The first-order valence-electron chi connectivity index (χ1n) is 3.70. The third-order valence-electron chi connectivity index (χ3n) is 1.92. The van der Waals surface area contributed by atoms with Gasteiger partial charge < -0.3 is 9.84 Å². The standard InChI is InChI=1S/C8H12O3/c1-11-8(10)6-2-4-7(9)5-3-6/h4,6,9H,2-3,5H2,1H3. The number of rotatable bonds is 1. The second-order valence-electron chi connectivity index (χ2n) is 2.69. The van der Waals surface area contributed by atoms with Gasteiger partial charge >= 0.3 is 5.97 Å². The van der Waals surface area contributed by atoms with E-state index < -0.39 is 0 Å². The summed E-state index contributed by atoms with van der Waals surface area (Å²) in [6, 6.07) is 0. The van der Waals surface area contributed by atoms with Crippen LogP contribution in [0.5, 0.6) is 0 Å². The molecule has 1 N–H and O–H groups in total. The molecule has 0 fully saturated rings. The second-order valence-corrected chi connectivity index (χ2v) is 2.69. The molecule has 11 heavy (non-hydrogen) atoms. The van der Waals surface area contributed by atoms with Crippen LogP contribution in [-0.4, -0.2) is 18.2 Å². The van der Waals surface area contributed by atoms with Gasteiger partial charge in [-0.25, -0.2) is 0 Å². The third-order valence-corrected chi connectivity index (χ3v) is 1.92. The molecule has 3 nitrogen and oxygen atoms in total. The average molecular weight is 156 g/mol. The molecular formula is C8H12O3. The molecule has 0 bridgehead atoms. The van der Waals surface area contributed by atoms with E-state index in [1.54, 1.807) is 6.08 Å². The fourth-order valence-electron chi connectivity index (χ4n) is 1.20. The van der Waals surface area contributed by atoms with E-state index >= 15 is 0 Å². The average Bonchev–Trinajstić information content (AvgIpc) is 2.05. The van der Waals surface area contributed by atoms with Crippen molar-refractivity contribution in [3.8, 4) is 0 Å². The van der Waals surface area contributed by atoms with Gasteiger partial charge in [0.15, 0.2) is 0 Å². The zero-order valence-electron chi connectivity index (χ0n) is 6.54. The highest BCUT2D eigenvalue weighted by atomic mass is 16.5. The van der Waals surface area contributed by atoms with Gasteiger partial charge in [-0.1, -0.05) is 0 Å². The van der Waals surface area contributed by atoms with Crippen molar-refractivity contribution in [2.24, 2.45) is 5.92 Å². The smallest absolute Gasteiger partial charge is 0.308 e. The molecule has 0 spiro atoms. The summed E-state index contributed by atoms with van der Waals surface area (Å²) in [7, 11) is 1.39. The first kappa shape index (κ1) is 8.11. The Morgan fingerprint density at radius 1 is 1.82 bits per heavy atom. The van der Waals surface area contributed by atoms with E-state index in [1.165, 1.54) is 7.11 Å². The first-order chi connectivity index (χ1) is 5.24. The molecule has 0 saturated carbocycles. The van der Waals surface area contributed by atoms with Crippen molar-refractivity contribution in [1.29, 1.82) is 0 Å². The summed E-state index contributed by atoms with van der Waals surface area (Å²) in [5.74, 6) is 0.176. The van der Waals surface area contributed by atoms with Gasteiger partial charge in [-0.3, -0.25) is 4.79 Å². The van der Waals surface area contributed by atoms with Crippen LogP contribution in [0.1, 0.15) is 19.3 Å². The Morgan fingerprint density at radius 2 is 2.55 bits per heavy atom. The molecule has 1 aliphatic rings. The van der Waals surface area contributed by atoms with E-state index in [-0.39, 0.29) is 11.9 Å². The molecule has 0 radical (unpaired) electrons. The molecule has 0 amide bonds. The van der Waals surface area contributed by atoms with E-state index in [2.05, 4.69) is 4.74 Å². The fourth-order valence-corrected chi connectivity index (χ4v) is 1.20. The number of carbonyl (C=O) groups is 1.